The van der Waals surface area contributed by atoms with Crippen molar-refractivity contribution in [2.75, 3.05) is 13.1 Å². The number of likely N-dealkylation sites (tertiary alicyclic amines) is 1. The van der Waals surface area contributed by atoms with Gasteiger partial charge in [0.25, 0.3) is 0 Å². The zero-order valence-electron chi connectivity index (χ0n) is 12.3. The zero-order chi connectivity index (χ0) is 13.5. The Kier molecular flexibility index (Phi) is 6.15. The first-order valence-corrected chi connectivity index (χ1v) is 8.32. The highest BCUT2D eigenvalue weighted by Gasteiger charge is 2.34. The summed E-state index contributed by atoms with van der Waals surface area (Å²) in [5.74, 6) is 1.20. The number of unbranched alkanes of at least 4 members (excludes halogenated alkanes) is 2. The summed E-state index contributed by atoms with van der Waals surface area (Å²) in [6.45, 7) is 1.76. The molecule has 1 saturated heterocycles. The van der Waals surface area contributed by atoms with Crippen molar-refractivity contribution >= 4 is 5.91 Å². The minimum atomic E-state index is 0.407. The van der Waals surface area contributed by atoms with Gasteiger partial charge in [0.2, 0.25) is 5.91 Å². The summed E-state index contributed by atoms with van der Waals surface area (Å²) in [6, 6.07) is 0.572. The molecule has 2 N–H and O–H groups in total. The van der Waals surface area contributed by atoms with Crippen LogP contribution in [0.4, 0.5) is 0 Å². The fourth-order valence-electron chi connectivity index (χ4n) is 3.85. The van der Waals surface area contributed by atoms with Crippen molar-refractivity contribution in [3.8, 4) is 0 Å². The van der Waals surface area contributed by atoms with Gasteiger partial charge < -0.3 is 10.6 Å². The molecule has 1 unspecified atom stereocenters. The van der Waals surface area contributed by atoms with Crippen LogP contribution in [0, 0.1) is 5.92 Å². The zero-order valence-corrected chi connectivity index (χ0v) is 12.3. The minimum Gasteiger partial charge on any atom is -0.339 e. The molecular formula is C16H30N2O. The number of nitrogens with zero attached hydrogens (tertiary/aromatic N) is 1. The number of carbonyl (C=O) groups is 1. The third-order valence-corrected chi connectivity index (χ3v) is 4.91. The summed E-state index contributed by atoms with van der Waals surface area (Å²) in [6.07, 6.45) is 13.2. The van der Waals surface area contributed by atoms with Crippen molar-refractivity contribution in [1.82, 2.24) is 4.90 Å². The van der Waals surface area contributed by atoms with Gasteiger partial charge in [-0.3, -0.25) is 4.79 Å². The fraction of sp³-hybridized carbons (Fsp3) is 0.938. The Morgan fingerprint density at radius 1 is 1.00 bits per heavy atom. The maximum Gasteiger partial charge on any atom is 0.222 e. The maximum atomic E-state index is 12.4. The van der Waals surface area contributed by atoms with E-state index in [1.165, 1.54) is 44.9 Å². The highest BCUT2D eigenvalue weighted by molar-refractivity contribution is 5.76. The van der Waals surface area contributed by atoms with Crippen molar-refractivity contribution in [3.05, 3.63) is 0 Å². The molecule has 2 aliphatic rings. The summed E-state index contributed by atoms with van der Waals surface area (Å²) in [5.41, 5.74) is 5.49. The molecule has 0 aromatic heterocycles. The van der Waals surface area contributed by atoms with Gasteiger partial charge in [-0.25, -0.2) is 0 Å². The van der Waals surface area contributed by atoms with E-state index >= 15 is 0 Å². The monoisotopic (exact) mass is 266 g/mol. The SMILES string of the molecule is NCCCCCC(=O)N1CCCC1C1CCCCC1. The number of hydrogen-bond donors (Lipinski definition) is 1. The van der Waals surface area contributed by atoms with Gasteiger partial charge in [-0.2, -0.15) is 0 Å². The Labute approximate surface area is 117 Å². The first kappa shape index (κ1) is 14.8. The lowest BCUT2D eigenvalue weighted by atomic mass is 9.83. The minimum absolute atomic E-state index is 0.407. The molecule has 19 heavy (non-hydrogen) atoms. The van der Waals surface area contributed by atoms with Gasteiger partial charge in [0.05, 0.1) is 0 Å². The van der Waals surface area contributed by atoms with Crippen LogP contribution in [0.25, 0.3) is 0 Å². The molecule has 1 amide bonds. The second kappa shape index (κ2) is 7.88. The van der Waals surface area contributed by atoms with E-state index in [2.05, 4.69) is 4.90 Å². The molecular weight excluding hydrogens is 236 g/mol. The van der Waals surface area contributed by atoms with E-state index in [0.29, 0.717) is 11.9 Å². The van der Waals surface area contributed by atoms with Crippen LogP contribution in [-0.2, 0) is 4.79 Å². The Balaban J connectivity index is 1.78. The molecule has 3 heteroatoms. The van der Waals surface area contributed by atoms with Crippen LogP contribution >= 0.6 is 0 Å². The molecule has 1 heterocycles. The molecule has 0 spiro atoms. The van der Waals surface area contributed by atoms with Gasteiger partial charge in [0.1, 0.15) is 0 Å². The number of rotatable bonds is 6. The van der Waals surface area contributed by atoms with E-state index in [1.807, 2.05) is 0 Å². The summed E-state index contributed by atoms with van der Waals surface area (Å²) >= 11 is 0. The normalized spacial score (nSPS) is 24.9. The average molecular weight is 266 g/mol. The highest BCUT2D eigenvalue weighted by atomic mass is 16.2. The maximum absolute atomic E-state index is 12.4. The summed E-state index contributed by atoms with van der Waals surface area (Å²) in [5, 5.41) is 0. The van der Waals surface area contributed by atoms with E-state index in [9.17, 15) is 4.79 Å². The van der Waals surface area contributed by atoms with Gasteiger partial charge in [0, 0.05) is 19.0 Å². The lowest BCUT2D eigenvalue weighted by Crippen LogP contribution is -2.40. The van der Waals surface area contributed by atoms with Crippen LogP contribution in [0.15, 0.2) is 0 Å². The molecule has 3 nitrogen and oxygen atoms in total. The second-order valence-corrected chi connectivity index (χ2v) is 6.29. The van der Waals surface area contributed by atoms with Crippen LogP contribution in [0.3, 0.4) is 0 Å². The molecule has 1 aliphatic heterocycles. The molecule has 0 radical (unpaired) electrons. The summed E-state index contributed by atoms with van der Waals surface area (Å²) < 4.78 is 0. The second-order valence-electron chi connectivity index (χ2n) is 6.29. The number of hydrogen-bond acceptors (Lipinski definition) is 2. The van der Waals surface area contributed by atoms with E-state index < -0.39 is 0 Å². The van der Waals surface area contributed by atoms with E-state index in [4.69, 9.17) is 5.73 Å². The Morgan fingerprint density at radius 3 is 2.53 bits per heavy atom. The topological polar surface area (TPSA) is 46.3 Å². The molecule has 1 atom stereocenters. The van der Waals surface area contributed by atoms with Crippen LogP contribution in [0.5, 0.6) is 0 Å². The Hall–Kier alpha value is -0.570. The van der Waals surface area contributed by atoms with Crippen LogP contribution < -0.4 is 5.73 Å². The van der Waals surface area contributed by atoms with Gasteiger partial charge in [-0.1, -0.05) is 25.7 Å². The predicted molar refractivity (Wildman–Crippen MR) is 78.8 cm³/mol. The van der Waals surface area contributed by atoms with Crippen molar-refractivity contribution in [3.63, 3.8) is 0 Å². The first-order chi connectivity index (χ1) is 9.33. The molecule has 2 rings (SSSR count). The van der Waals surface area contributed by atoms with Gasteiger partial charge in [-0.15, -0.1) is 0 Å². The van der Waals surface area contributed by atoms with Crippen molar-refractivity contribution in [1.29, 1.82) is 0 Å². The molecule has 0 bridgehead atoms. The summed E-state index contributed by atoms with van der Waals surface area (Å²) in [7, 11) is 0. The number of carbonyl (C=O) groups excluding carboxylic acids is 1. The van der Waals surface area contributed by atoms with E-state index in [-0.39, 0.29) is 0 Å². The molecule has 1 aliphatic carbocycles. The third kappa shape index (κ3) is 4.20. The Morgan fingerprint density at radius 2 is 1.79 bits per heavy atom. The average Bonchev–Trinajstić information content (AvgIpc) is 2.94. The number of amides is 1. The standard InChI is InChI=1S/C16H30N2O/c17-12-6-2-5-11-16(19)18-13-7-10-15(18)14-8-3-1-4-9-14/h14-15H,1-13,17H2. The largest absolute Gasteiger partial charge is 0.339 e. The van der Waals surface area contributed by atoms with E-state index in [0.717, 1.165) is 44.7 Å². The highest BCUT2D eigenvalue weighted by Crippen LogP contribution is 2.34. The smallest absolute Gasteiger partial charge is 0.222 e. The van der Waals surface area contributed by atoms with Gasteiger partial charge >= 0.3 is 0 Å². The molecule has 2 fully saturated rings. The van der Waals surface area contributed by atoms with Crippen LogP contribution in [0.2, 0.25) is 0 Å². The van der Waals surface area contributed by atoms with Crippen molar-refractivity contribution in [2.24, 2.45) is 11.7 Å². The fourth-order valence-corrected chi connectivity index (χ4v) is 3.85. The van der Waals surface area contributed by atoms with Crippen molar-refractivity contribution in [2.45, 2.75) is 76.7 Å². The van der Waals surface area contributed by atoms with Crippen LogP contribution in [0.1, 0.15) is 70.6 Å². The third-order valence-electron chi connectivity index (χ3n) is 4.91. The molecule has 1 saturated carbocycles. The lowest BCUT2D eigenvalue weighted by molar-refractivity contribution is -0.133. The molecule has 0 aromatic carbocycles. The van der Waals surface area contributed by atoms with Crippen molar-refractivity contribution < 1.29 is 4.79 Å². The molecule has 110 valence electrons. The summed E-state index contributed by atoms with van der Waals surface area (Å²) in [4.78, 5) is 14.6. The van der Waals surface area contributed by atoms with Crippen LogP contribution in [-0.4, -0.2) is 29.9 Å². The Bertz CT molecular complexity index is 274. The van der Waals surface area contributed by atoms with E-state index in [1.54, 1.807) is 0 Å². The predicted octanol–water partition coefficient (Wildman–Crippen LogP) is 3.08. The van der Waals surface area contributed by atoms with Gasteiger partial charge in [-0.05, 0) is 51.0 Å². The van der Waals surface area contributed by atoms with Gasteiger partial charge in [0.15, 0.2) is 0 Å². The number of nitrogens with two attached hydrogens (primary N) is 1. The quantitative estimate of drug-likeness (QED) is 0.751. The lowest BCUT2D eigenvalue weighted by Gasteiger charge is -2.34. The first-order valence-electron chi connectivity index (χ1n) is 8.32. The molecule has 0 aromatic rings.